The number of nitrogens with one attached hydrogen (secondary N) is 1. The molecule has 1 atom stereocenters. The van der Waals surface area contributed by atoms with Crippen molar-refractivity contribution in [3.63, 3.8) is 0 Å². The standard InChI is InChI=1S/C15H27N5O.ClH/c1-11(10-20-8-6-7-14(20)21)16-9-13-12(2)17-19(5)15(13)18(3)4;/h11,16H,6-10H2,1-5H3;1H. The average molecular weight is 330 g/mol. The molecule has 1 unspecified atom stereocenters. The summed E-state index contributed by atoms with van der Waals surface area (Å²) in [6, 6.07) is 0.279. The molecule has 0 aliphatic carbocycles. The quantitative estimate of drug-likeness (QED) is 0.855. The van der Waals surface area contributed by atoms with Gasteiger partial charge in [0.25, 0.3) is 0 Å². The van der Waals surface area contributed by atoms with Gasteiger partial charge in [-0.25, -0.2) is 0 Å². The Hall–Kier alpha value is -1.27. The number of nitrogens with zero attached hydrogens (tertiary/aromatic N) is 4. The molecular weight excluding hydrogens is 302 g/mol. The zero-order chi connectivity index (χ0) is 15.6. The molecule has 0 saturated carbocycles. The highest BCUT2D eigenvalue weighted by atomic mass is 35.5. The van der Waals surface area contributed by atoms with Gasteiger partial charge in [-0.15, -0.1) is 12.4 Å². The van der Waals surface area contributed by atoms with Crippen molar-refractivity contribution in [1.29, 1.82) is 0 Å². The van der Waals surface area contributed by atoms with Gasteiger partial charge in [0.15, 0.2) is 0 Å². The molecule has 2 heterocycles. The van der Waals surface area contributed by atoms with E-state index in [1.165, 1.54) is 5.56 Å². The third kappa shape index (κ3) is 4.14. The van der Waals surface area contributed by atoms with E-state index in [9.17, 15) is 4.79 Å². The van der Waals surface area contributed by atoms with Crippen molar-refractivity contribution in [1.82, 2.24) is 20.0 Å². The van der Waals surface area contributed by atoms with Gasteiger partial charge >= 0.3 is 0 Å². The van der Waals surface area contributed by atoms with E-state index in [1.54, 1.807) is 0 Å². The topological polar surface area (TPSA) is 53.4 Å². The highest BCUT2D eigenvalue weighted by molar-refractivity contribution is 5.85. The second-order valence-electron chi connectivity index (χ2n) is 6.13. The zero-order valence-corrected chi connectivity index (χ0v) is 15.0. The van der Waals surface area contributed by atoms with E-state index in [-0.39, 0.29) is 24.4 Å². The van der Waals surface area contributed by atoms with Crippen LogP contribution in [0.2, 0.25) is 0 Å². The fourth-order valence-electron chi connectivity index (χ4n) is 3.02. The smallest absolute Gasteiger partial charge is 0.222 e. The highest BCUT2D eigenvalue weighted by Crippen LogP contribution is 2.21. The lowest BCUT2D eigenvalue weighted by molar-refractivity contribution is -0.127. The van der Waals surface area contributed by atoms with Gasteiger partial charge in [0.05, 0.1) is 5.69 Å². The van der Waals surface area contributed by atoms with Gasteiger partial charge < -0.3 is 15.1 Å². The Kier molecular flexibility index (Phi) is 6.68. The third-order valence-electron chi connectivity index (χ3n) is 4.03. The summed E-state index contributed by atoms with van der Waals surface area (Å²) in [5.41, 5.74) is 2.28. The number of aryl methyl sites for hydroxylation is 2. The van der Waals surface area contributed by atoms with Crippen LogP contribution in [0.15, 0.2) is 0 Å². The van der Waals surface area contributed by atoms with Gasteiger partial charge in [0, 0.05) is 58.8 Å². The van der Waals surface area contributed by atoms with E-state index in [0.717, 1.165) is 37.6 Å². The summed E-state index contributed by atoms with van der Waals surface area (Å²) >= 11 is 0. The van der Waals surface area contributed by atoms with Crippen LogP contribution in [0.1, 0.15) is 31.0 Å². The van der Waals surface area contributed by atoms with Crippen molar-refractivity contribution in [2.75, 3.05) is 32.1 Å². The van der Waals surface area contributed by atoms with Gasteiger partial charge in [0.2, 0.25) is 5.91 Å². The summed E-state index contributed by atoms with van der Waals surface area (Å²) < 4.78 is 1.92. The maximum atomic E-state index is 11.7. The van der Waals surface area contributed by atoms with Crippen molar-refractivity contribution >= 4 is 24.1 Å². The van der Waals surface area contributed by atoms with Crippen molar-refractivity contribution in [3.05, 3.63) is 11.3 Å². The van der Waals surface area contributed by atoms with Crippen LogP contribution in [0.3, 0.4) is 0 Å². The molecule has 2 rings (SSSR count). The van der Waals surface area contributed by atoms with Crippen LogP contribution in [-0.2, 0) is 18.4 Å². The Morgan fingerprint density at radius 1 is 1.41 bits per heavy atom. The van der Waals surface area contributed by atoms with Crippen LogP contribution >= 0.6 is 12.4 Å². The van der Waals surface area contributed by atoms with E-state index in [0.29, 0.717) is 6.42 Å². The van der Waals surface area contributed by atoms with E-state index in [1.807, 2.05) is 37.6 Å². The van der Waals surface area contributed by atoms with Gasteiger partial charge in [0.1, 0.15) is 5.82 Å². The zero-order valence-electron chi connectivity index (χ0n) is 14.2. The van der Waals surface area contributed by atoms with E-state index >= 15 is 0 Å². The molecule has 126 valence electrons. The van der Waals surface area contributed by atoms with Gasteiger partial charge in [-0.3, -0.25) is 9.48 Å². The number of carbonyl (C=O) groups excluding carboxylic acids is 1. The number of hydrogen-bond acceptors (Lipinski definition) is 4. The van der Waals surface area contributed by atoms with Gasteiger partial charge in [-0.1, -0.05) is 0 Å². The number of halogens is 1. The molecule has 0 spiro atoms. The maximum Gasteiger partial charge on any atom is 0.222 e. The molecule has 1 aliphatic heterocycles. The maximum absolute atomic E-state index is 11.7. The SMILES string of the molecule is Cc1nn(C)c(N(C)C)c1CNC(C)CN1CCCC1=O.Cl. The van der Waals surface area contributed by atoms with Crippen LogP contribution in [0.5, 0.6) is 0 Å². The van der Waals surface area contributed by atoms with E-state index < -0.39 is 0 Å². The first-order chi connectivity index (χ1) is 9.90. The highest BCUT2D eigenvalue weighted by Gasteiger charge is 2.22. The molecule has 1 N–H and O–H groups in total. The molecule has 1 aromatic heterocycles. The number of aromatic nitrogens is 2. The number of hydrogen-bond donors (Lipinski definition) is 1. The minimum atomic E-state index is 0. The first-order valence-electron chi connectivity index (χ1n) is 7.61. The lowest BCUT2D eigenvalue weighted by atomic mass is 10.2. The number of carbonyl (C=O) groups is 1. The Morgan fingerprint density at radius 3 is 2.64 bits per heavy atom. The van der Waals surface area contributed by atoms with E-state index in [2.05, 4.69) is 22.2 Å². The van der Waals surface area contributed by atoms with Crippen LogP contribution < -0.4 is 10.2 Å². The van der Waals surface area contributed by atoms with Gasteiger partial charge in [-0.05, 0) is 20.3 Å². The number of likely N-dealkylation sites (tertiary alicyclic amines) is 1. The number of anilines is 1. The summed E-state index contributed by atoms with van der Waals surface area (Å²) in [6.45, 7) is 6.64. The van der Waals surface area contributed by atoms with Crippen molar-refractivity contribution < 1.29 is 4.79 Å². The minimum absolute atomic E-state index is 0. The monoisotopic (exact) mass is 329 g/mol. The van der Waals surface area contributed by atoms with Crippen LogP contribution in [-0.4, -0.2) is 53.8 Å². The minimum Gasteiger partial charge on any atom is -0.363 e. The molecule has 0 radical (unpaired) electrons. The molecule has 6 nitrogen and oxygen atoms in total. The molecule has 1 aliphatic rings. The predicted octanol–water partition coefficient (Wildman–Crippen LogP) is 1.32. The molecule has 1 fully saturated rings. The second kappa shape index (κ2) is 7.83. The average Bonchev–Trinajstić information content (AvgIpc) is 2.91. The largest absolute Gasteiger partial charge is 0.363 e. The van der Waals surface area contributed by atoms with Gasteiger partial charge in [-0.2, -0.15) is 5.10 Å². The summed E-state index contributed by atoms with van der Waals surface area (Å²) in [4.78, 5) is 15.7. The molecule has 7 heteroatoms. The molecule has 1 amide bonds. The van der Waals surface area contributed by atoms with Crippen LogP contribution in [0, 0.1) is 6.92 Å². The Bertz CT molecular complexity index is 514. The van der Waals surface area contributed by atoms with Crippen LogP contribution in [0.4, 0.5) is 5.82 Å². The summed E-state index contributed by atoms with van der Waals surface area (Å²) in [6.07, 6.45) is 1.71. The van der Waals surface area contributed by atoms with Crippen molar-refractivity contribution in [2.24, 2.45) is 7.05 Å². The third-order valence-corrected chi connectivity index (χ3v) is 4.03. The Balaban J connectivity index is 0.00000242. The fraction of sp³-hybridized carbons (Fsp3) is 0.733. The first kappa shape index (κ1) is 18.8. The summed E-state index contributed by atoms with van der Waals surface area (Å²) in [5, 5.41) is 8.02. The Morgan fingerprint density at radius 2 is 2.09 bits per heavy atom. The fourth-order valence-corrected chi connectivity index (χ4v) is 3.02. The summed E-state index contributed by atoms with van der Waals surface area (Å²) in [7, 11) is 6.04. The molecular formula is C15H28ClN5O. The normalized spacial score (nSPS) is 15.9. The van der Waals surface area contributed by atoms with Crippen molar-refractivity contribution in [3.8, 4) is 0 Å². The van der Waals surface area contributed by atoms with Crippen LogP contribution in [0.25, 0.3) is 0 Å². The molecule has 22 heavy (non-hydrogen) atoms. The number of amides is 1. The Labute approximate surface area is 139 Å². The predicted molar refractivity (Wildman–Crippen MR) is 91.6 cm³/mol. The molecule has 1 saturated heterocycles. The second-order valence-corrected chi connectivity index (χ2v) is 6.13. The molecule has 0 aromatic carbocycles. The summed E-state index contributed by atoms with van der Waals surface area (Å²) in [5.74, 6) is 1.42. The molecule has 1 aromatic rings. The van der Waals surface area contributed by atoms with E-state index in [4.69, 9.17) is 0 Å². The molecule has 0 bridgehead atoms. The first-order valence-corrected chi connectivity index (χ1v) is 7.61. The lowest BCUT2D eigenvalue weighted by Gasteiger charge is -2.22. The number of rotatable bonds is 6. The lowest BCUT2D eigenvalue weighted by Crippen LogP contribution is -2.39. The van der Waals surface area contributed by atoms with Crippen molar-refractivity contribution in [2.45, 2.75) is 39.3 Å².